The third-order valence-electron chi connectivity index (χ3n) is 7.61. The number of Topliss-reactive ketones (excluding diaryl/α,β-unsaturated/α-hetero) is 1. The van der Waals surface area contributed by atoms with E-state index < -0.39 is 29.1 Å². The van der Waals surface area contributed by atoms with Crippen molar-refractivity contribution < 1.29 is 29.5 Å². The number of carboxylic acids is 1. The number of hydrogen-bond acceptors (Lipinski definition) is 8. The first kappa shape index (κ1) is 29.9. The molecule has 0 aliphatic carbocycles. The van der Waals surface area contributed by atoms with E-state index in [2.05, 4.69) is 0 Å². The second-order valence-electron chi connectivity index (χ2n) is 10.4. The van der Waals surface area contributed by atoms with Gasteiger partial charge in [-0.15, -0.1) is 0 Å². The number of carbonyl (C=O) groups excluding carboxylic acids is 1. The molecule has 3 aromatic carbocycles. The monoisotopic (exact) mass is 561 g/mol. The van der Waals surface area contributed by atoms with Crippen LogP contribution < -0.4 is 10.5 Å². The Labute approximate surface area is 238 Å². The molecule has 10 heteroatoms. The van der Waals surface area contributed by atoms with Gasteiger partial charge >= 0.3 is 11.7 Å². The smallest absolute Gasteiger partial charge is 0.323 e. The van der Waals surface area contributed by atoms with Crippen molar-refractivity contribution in [2.45, 2.75) is 63.9 Å². The summed E-state index contributed by atoms with van der Waals surface area (Å²) < 4.78 is 5.95. The second-order valence-corrected chi connectivity index (χ2v) is 10.4. The average molecular weight is 562 g/mol. The minimum atomic E-state index is -1.55. The van der Waals surface area contributed by atoms with Crippen LogP contribution >= 0.6 is 0 Å². The van der Waals surface area contributed by atoms with Crippen molar-refractivity contribution in [3.05, 3.63) is 93.5 Å². The van der Waals surface area contributed by atoms with Crippen LogP contribution in [-0.4, -0.2) is 56.5 Å². The van der Waals surface area contributed by atoms with E-state index in [1.165, 1.54) is 6.07 Å². The lowest BCUT2D eigenvalue weighted by molar-refractivity contribution is -0.386. The number of ketones is 1. The van der Waals surface area contributed by atoms with Gasteiger partial charge in [-0.05, 0) is 60.2 Å². The van der Waals surface area contributed by atoms with E-state index in [-0.39, 0.29) is 36.8 Å². The SMILES string of the molecule is Cc1c(COc2ccc(CN3CCCCC3C(=O)C[C@@H](O)[C@H](N)C(=O)O)cc2[N+](=O)[O-])cccc1-c1ccccc1. The van der Waals surface area contributed by atoms with E-state index in [1.54, 1.807) is 12.1 Å². The minimum absolute atomic E-state index is 0.153. The fourth-order valence-electron chi connectivity index (χ4n) is 5.26. The van der Waals surface area contributed by atoms with E-state index in [9.17, 15) is 24.8 Å². The van der Waals surface area contributed by atoms with Gasteiger partial charge in [0.2, 0.25) is 0 Å². The van der Waals surface area contributed by atoms with Gasteiger partial charge in [0, 0.05) is 19.0 Å². The number of hydrogen-bond donors (Lipinski definition) is 3. The summed E-state index contributed by atoms with van der Waals surface area (Å²) in [5.41, 5.74) is 10.1. The van der Waals surface area contributed by atoms with E-state index in [1.807, 2.05) is 60.4 Å². The highest BCUT2D eigenvalue weighted by Crippen LogP contribution is 2.32. The number of nitrogens with two attached hydrogens (primary N) is 1. The summed E-state index contributed by atoms with van der Waals surface area (Å²) in [6.07, 6.45) is 0.362. The minimum Gasteiger partial charge on any atom is -0.482 e. The standard InChI is InChI=1S/C31H35N3O7/c1-20-23(10-7-11-24(20)22-8-3-2-4-9-22)19-41-29-14-13-21(16-26(29)34(39)40)18-33-15-6-5-12-25(33)27(35)17-28(36)30(32)31(37)38/h2-4,7-11,13-14,16,25,28,30,36H,5-6,12,15,17-19,32H2,1H3,(H,37,38)/t25?,28-,30+/m1/s1. The van der Waals surface area contributed by atoms with Crippen molar-refractivity contribution in [2.24, 2.45) is 5.73 Å². The number of aliphatic hydroxyl groups excluding tert-OH is 1. The fraction of sp³-hybridized carbons (Fsp3) is 0.355. The number of nitro groups is 1. The van der Waals surface area contributed by atoms with E-state index >= 15 is 0 Å². The van der Waals surface area contributed by atoms with Gasteiger partial charge in [-0.2, -0.15) is 0 Å². The maximum Gasteiger partial charge on any atom is 0.323 e. The van der Waals surface area contributed by atoms with Crippen LogP contribution in [0.25, 0.3) is 11.1 Å². The second kappa shape index (κ2) is 13.5. The predicted octanol–water partition coefficient (Wildman–Crippen LogP) is 4.24. The summed E-state index contributed by atoms with van der Waals surface area (Å²) >= 11 is 0. The largest absolute Gasteiger partial charge is 0.482 e. The summed E-state index contributed by atoms with van der Waals surface area (Å²) in [5, 5.41) is 31.1. The molecule has 1 aliphatic rings. The van der Waals surface area contributed by atoms with Gasteiger partial charge in [0.05, 0.1) is 17.1 Å². The third-order valence-corrected chi connectivity index (χ3v) is 7.61. The van der Waals surface area contributed by atoms with Crippen molar-refractivity contribution in [2.75, 3.05) is 6.54 Å². The fourth-order valence-corrected chi connectivity index (χ4v) is 5.26. The first-order chi connectivity index (χ1) is 19.7. The molecular formula is C31H35N3O7. The van der Waals surface area contributed by atoms with Gasteiger partial charge in [-0.1, -0.05) is 61.0 Å². The Morgan fingerprint density at radius 3 is 2.59 bits per heavy atom. The molecule has 0 aromatic heterocycles. The Morgan fingerprint density at radius 2 is 1.88 bits per heavy atom. The number of rotatable bonds is 12. The van der Waals surface area contributed by atoms with Gasteiger partial charge in [-0.3, -0.25) is 24.6 Å². The quantitative estimate of drug-likeness (QED) is 0.217. The van der Waals surface area contributed by atoms with Crippen LogP contribution in [0.2, 0.25) is 0 Å². The zero-order chi connectivity index (χ0) is 29.5. The number of likely N-dealkylation sites (tertiary alicyclic amines) is 1. The highest BCUT2D eigenvalue weighted by Gasteiger charge is 2.33. The van der Waals surface area contributed by atoms with Gasteiger partial charge in [0.15, 0.2) is 11.5 Å². The molecule has 216 valence electrons. The van der Waals surface area contributed by atoms with Crippen LogP contribution in [0.4, 0.5) is 5.69 Å². The summed E-state index contributed by atoms with van der Waals surface area (Å²) in [5.74, 6) is -1.52. The van der Waals surface area contributed by atoms with Crippen LogP contribution in [-0.2, 0) is 22.7 Å². The molecule has 3 aromatic rings. The number of benzene rings is 3. The van der Waals surface area contributed by atoms with Crippen LogP contribution in [0.15, 0.2) is 66.7 Å². The number of piperidine rings is 1. The summed E-state index contributed by atoms with van der Waals surface area (Å²) in [7, 11) is 0. The molecule has 1 unspecified atom stereocenters. The lowest BCUT2D eigenvalue weighted by atomic mass is 9.93. The molecule has 1 heterocycles. The Morgan fingerprint density at radius 1 is 1.12 bits per heavy atom. The number of ether oxygens (including phenoxy) is 1. The molecule has 4 rings (SSSR count). The lowest BCUT2D eigenvalue weighted by Gasteiger charge is -2.35. The van der Waals surface area contributed by atoms with Crippen LogP contribution in [0, 0.1) is 17.0 Å². The molecule has 0 saturated carbocycles. The van der Waals surface area contributed by atoms with Gasteiger partial charge in [0.1, 0.15) is 12.6 Å². The van der Waals surface area contributed by atoms with Gasteiger partial charge < -0.3 is 20.7 Å². The van der Waals surface area contributed by atoms with Gasteiger partial charge in [0.25, 0.3) is 0 Å². The maximum absolute atomic E-state index is 12.9. The third kappa shape index (κ3) is 7.35. The Balaban J connectivity index is 1.47. The topological polar surface area (TPSA) is 156 Å². The van der Waals surface area contributed by atoms with Crippen molar-refractivity contribution in [3.8, 4) is 16.9 Å². The molecule has 1 fully saturated rings. The Kier molecular flexibility index (Phi) is 9.82. The average Bonchev–Trinajstić information content (AvgIpc) is 2.97. The molecule has 4 N–H and O–H groups in total. The number of carbonyl (C=O) groups is 2. The molecule has 3 atom stereocenters. The van der Waals surface area contributed by atoms with Crippen LogP contribution in [0.3, 0.4) is 0 Å². The molecule has 0 bridgehead atoms. The predicted molar refractivity (Wildman–Crippen MR) is 153 cm³/mol. The molecule has 41 heavy (non-hydrogen) atoms. The molecular weight excluding hydrogens is 526 g/mol. The number of nitrogens with zero attached hydrogens (tertiary/aromatic N) is 2. The van der Waals surface area contributed by atoms with Crippen molar-refractivity contribution >= 4 is 17.4 Å². The first-order valence-corrected chi connectivity index (χ1v) is 13.6. The molecule has 0 spiro atoms. The number of aliphatic hydroxyl groups is 1. The molecule has 1 saturated heterocycles. The lowest BCUT2D eigenvalue weighted by Crippen LogP contribution is -2.48. The number of nitro benzene ring substituents is 1. The number of carboxylic acid groups (broad SMARTS) is 1. The van der Waals surface area contributed by atoms with E-state index in [0.29, 0.717) is 18.5 Å². The Hall–Kier alpha value is -4.12. The van der Waals surface area contributed by atoms with Gasteiger partial charge in [-0.25, -0.2) is 0 Å². The Bertz CT molecular complexity index is 1400. The summed E-state index contributed by atoms with van der Waals surface area (Å²) in [4.78, 5) is 37.4. The van der Waals surface area contributed by atoms with Crippen LogP contribution in [0.1, 0.15) is 42.4 Å². The van der Waals surface area contributed by atoms with Crippen LogP contribution in [0.5, 0.6) is 5.75 Å². The van der Waals surface area contributed by atoms with E-state index in [0.717, 1.165) is 35.1 Å². The summed E-state index contributed by atoms with van der Waals surface area (Å²) in [6.45, 7) is 3.05. The number of aliphatic carboxylic acids is 1. The zero-order valence-corrected chi connectivity index (χ0v) is 22.9. The first-order valence-electron chi connectivity index (χ1n) is 13.6. The molecule has 0 radical (unpaired) electrons. The normalized spacial score (nSPS) is 17.0. The molecule has 10 nitrogen and oxygen atoms in total. The summed E-state index contributed by atoms with van der Waals surface area (Å²) in [6, 6.07) is 18.6. The van der Waals surface area contributed by atoms with Crippen molar-refractivity contribution in [3.63, 3.8) is 0 Å². The van der Waals surface area contributed by atoms with Crippen molar-refractivity contribution in [1.29, 1.82) is 0 Å². The molecule has 0 amide bonds. The van der Waals surface area contributed by atoms with Crippen molar-refractivity contribution in [1.82, 2.24) is 4.90 Å². The van der Waals surface area contributed by atoms with E-state index in [4.69, 9.17) is 15.6 Å². The maximum atomic E-state index is 12.9. The highest BCUT2D eigenvalue weighted by molar-refractivity contribution is 5.85. The zero-order valence-electron chi connectivity index (χ0n) is 22.9. The highest BCUT2D eigenvalue weighted by atomic mass is 16.6. The molecule has 1 aliphatic heterocycles.